The summed E-state index contributed by atoms with van der Waals surface area (Å²) in [4.78, 5) is 0. The highest BCUT2D eigenvalue weighted by atomic mass is 15.3. The first-order valence-electron chi connectivity index (χ1n) is 6.30. The van der Waals surface area contributed by atoms with Crippen LogP contribution in [0.5, 0.6) is 0 Å². The molecule has 0 amide bonds. The molecule has 0 radical (unpaired) electrons. The highest BCUT2D eigenvalue weighted by Crippen LogP contribution is 2.22. The number of aromatic nitrogens is 2. The maximum Gasteiger partial charge on any atom is 0.0644 e. The molecule has 96 valence electrons. The minimum Gasteiger partial charge on any atom is -0.324 e. The lowest BCUT2D eigenvalue weighted by Gasteiger charge is -2.13. The van der Waals surface area contributed by atoms with Gasteiger partial charge in [-0.2, -0.15) is 5.10 Å². The van der Waals surface area contributed by atoms with Crippen LogP contribution >= 0.6 is 0 Å². The van der Waals surface area contributed by atoms with Crippen LogP contribution in [-0.4, -0.2) is 9.78 Å². The Bertz CT molecular complexity index is 538. The number of benzene rings is 1. The third-order valence-corrected chi connectivity index (χ3v) is 3.51. The van der Waals surface area contributed by atoms with Crippen LogP contribution in [0.25, 0.3) is 0 Å². The molecule has 3 nitrogen and oxygen atoms in total. The Balaban J connectivity index is 2.21. The van der Waals surface area contributed by atoms with E-state index in [0.29, 0.717) is 0 Å². The van der Waals surface area contributed by atoms with Crippen LogP contribution in [0.2, 0.25) is 0 Å². The van der Waals surface area contributed by atoms with Gasteiger partial charge in [0.2, 0.25) is 0 Å². The molecule has 0 bridgehead atoms. The number of nitrogens with two attached hydrogens (primary N) is 1. The van der Waals surface area contributed by atoms with Gasteiger partial charge in [0.1, 0.15) is 0 Å². The molecule has 0 saturated carbocycles. The molecular weight excluding hydrogens is 222 g/mol. The van der Waals surface area contributed by atoms with Gasteiger partial charge in [-0.3, -0.25) is 4.68 Å². The average molecular weight is 243 g/mol. The van der Waals surface area contributed by atoms with Gasteiger partial charge >= 0.3 is 0 Å². The summed E-state index contributed by atoms with van der Waals surface area (Å²) in [5.41, 5.74) is 12.3. The van der Waals surface area contributed by atoms with Crippen LogP contribution in [0.1, 0.15) is 34.1 Å². The normalized spacial score (nSPS) is 12.7. The smallest absolute Gasteiger partial charge is 0.0644 e. The molecule has 1 atom stereocenters. The predicted molar refractivity (Wildman–Crippen MR) is 74.5 cm³/mol. The third-order valence-electron chi connectivity index (χ3n) is 3.51. The molecule has 18 heavy (non-hydrogen) atoms. The Morgan fingerprint density at radius 2 is 1.78 bits per heavy atom. The fourth-order valence-electron chi connectivity index (χ4n) is 2.41. The number of nitrogens with zero attached hydrogens (tertiary/aromatic N) is 2. The Morgan fingerprint density at radius 1 is 1.17 bits per heavy atom. The topological polar surface area (TPSA) is 43.8 Å². The largest absolute Gasteiger partial charge is 0.324 e. The van der Waals surface area contributed by atoms with E-state index >= 15 is 0 Å². The second kappa shape index (κ2) is 4.94. The molecule has 0 aliphatic rings. The van der Waals surface area contributed by atoms with Crippen molar-refractivity contribution in [2.75, 3.05) is 0 Å². The summed E-state index contributed by atoms with van der Waals surface area (Å²) in [5.74, 6) is 0. The van der Waals surface area contributed by atoms with E-state index in [9.17, 15) is 0 Å². The standard InChI is InChI=1S/C15H21N3/c1-10-5-7-13(8-6-10)9-14(16)15-11(2)17-18(4)12(15)3/h5-8,14H,9,16H2,1-4H3. The molecule has 2 aromatic rings. The number of rotatable bonds is 3. The van der Waals surface area contributed by atoms with E-state index in [-0.39, 0.29) is 6.04 Å². The monoisotopic (exact) mass is 243 g/mol. The molecule has 3 heteroatoms. The molecule has 2 rings (SSSR count). The summed E-state index contributed by atoms with van der Waals surface area (Å²) < 4.78 is 1.90. The predicted octanol–water partition coefficient (Wildman–Crippen LogP) is 2.59. The summed E-state index contributed by atoms with van der Waals surface area (Å²) in [7, 11) is 1.96. The summed E-state index contributed by atoms with van der Waals surface area (Å²) in [6, 6.07) is 8.57. The van der Waals surface area contributed by atoms with Crippen molar-refractivity contribution in [1.29, 1.82) is 0 Å². The van der Waals surface area contributed by atoms with Gasteiger partial charge < -0.3 is 5.73 Å². The molecule has 1 aromatic carbocycles. The first-order chi connectivity index (χ1) is 8.49. The van der Waals surface area contributed by atoms with E-state index in [4.69, 9.17) is 5.73 Å². The molecule has 0 fully saturated rings. The molecule has 2 N–H and O–H groups in total. The van der Waals surface area contributed by atoms with E-state index in [0.717, 1.165) is 17.8 Å². The fourth-order valence-corrected chi connectivity index (χ4v) is 2.41. The molecular formula is C15H21N3. The average Bonchev–Trinajstić information content (AvgIpc) is 2.56. The van der Waals surface area contributed by atoms with Gasteiger partial charge in [0.15, 0.2) is 0 Å². The molecule has 0 saturated heterocycles. The number of aryl methyl sites for hydroxylation is 3. The Kier molecular flexibility index (Phi) is 3.53. The van der Waals surface area contributed by atoms with Gasteiger partial charge in [0, 0.05) is 24.3 Å². The van der Waals surface area contributed by atoms with Crippen molar-refractivity contribution < 1.29 is 0 Å². The van der Waals surface area contributed by atoms with Crippen LogP contribution in [-0.2, 0) is 13.5 Å². The zero-order chi connectivity index (χ0) is 13.3. The van der Waals surface area contributed by atoms with Gasteiger partial charge in [-0.25, -0.2) is 0 Å². The molecule has 1 aromatic heterocycles. The van der Waals surface area contributed by atoms with Crippen LogP contribution in [0, 0.1) is 20.8 Å². The lowest BCUT2D eigenvalue weighted by molar-refractivity contribution is 0.700. The van der Waals surface area contributed by atoms with Gasteiger partial charge in [-0.1, -0.05) is 29.8 Å². The summed E-state index contributed by atoms with van der Waals surface area (Å²) in [6.45, 7) is 6.20. The fraction of sp³-hybridized carbons (Fsp3) is 0.400. The van der Waals surface area contributed by atoms with Crippen molar-refractivity contribution in [3.05, 3.63) is 52.3 Å². The molecule has 1 heterocycles. The lowest BCUT2D eigenvalue weighted by Crippen LogP contribution is -2.15. The van der Waals surface area contributed by atoms with Crippen molar-refractivity contribution in [3.8, 4) is 0 Å². The van der Waals surface area contributed by atoms with Crippen molar-refractivity contribution in [2.45, 2.75) is 33.2 Å². The Hall–Kier alpha value is -1.61. The number of hydrogen-bond acceptors (Lipinski definition) is 2. The van der Waals surface area contributed by atoms with Crippen molar-refractivity contribution in [1.82, 2.24) is 9.78 Å². The summed E-state index contributed by atoms with van der Waals surface area (Å²) in [6.07, 6.45) is 0.855. The third kappa shape index (κ3) is 2.46. The minimum atomic E-state index is 0.0152. The lowest BCUT2D eigenvalue weighted by atomic mass is 9.98. The highest BCUT2D eigenvalue weighted by Gasteiger charge is 2.16. The van der Waals surface area contributed by atoms with Crippen molar-refractivity contribution in [3.63, 3.8) is 0 Å². The zero-order valence-electron chi connectivity index (χ0n) is 11.6. The molecule has 0 aliphatic carbocycles. The first kappa shape index (κ1) is 12.8. The van der Waals surface area contributed by atoms with E-state index in [1.165, 1.54) is 16.7 Å². The van der Waals surface area contributed by atoms with E-state index in [1.807, 2.05) is 18.7 Å². The zero-order valence-corrected chi connectivity index (χ0v) is 11.6. The highest BCUT2D eigenvalue weighted by molar-refractivity contribution is 5.30. The van der Waals surface area contributed by atoms with E-state index in [2.05, 4.69) is 43.2 Å². The number of hydrogen-bond donors (Lipinski definition) is 1. The van der Waals surface area contributed by atoms with Gasteiger partial charge in [0.25, 0.3) is 0 Å². The van der Waals surface area contributed by atoms with Crippen LogP contribution in [0.4, 0.5) is 0 Å². The van der Waals surface area contributed by atoms with Crippen LogP contribution in [0.15, 0.2) is 24.3 Å². The molecule has 0 aliphatic heterocycles. The quantitative estimate of drug-likeness (QED) is 0.900. The first-order valence-corrected chi connectivity index (χ1v) is 6.30. The van der Waals surface area contributed by atoms with E-state index in [1.54, 1.807) is 0 Å². The summed E-state index contributed by atoms with van der Waals surface area (Å²) in [5, 5.41) is 4.42. The minimum absolute atomic E-state index is 0.0152. The Labute approximate surface area is 109 Å². The van der Waals surface area contributed by atoms with Gasteiger partial charge in [-0.05, 0) is 32.8 Å². The van der Waals surface area contributed by atoms with Crippen LogP contribution in [0.3, 0.4) is 0 Å². The Morgan fingerprint density at radius 3 is 2.28 bits per heavy atom. The SMILES string of the molecule is Cc1ccc(CC(N)c2c(C)nn(C)c2C)cc1. The molecule has 0 spiro atoms. The second-order valence-corrected chi connectivity index (χ2v) is 5.00. The van der Waals surface area contributed by atoms with Gasteiger partial charge in [-0.15, -0.1) is 0 Å². The van der Waals surface area contributed by atoms with Crippen molar-refractivity contribution >= 4 is 0 Å². The second-order valence-electron chi connectivity index (χ2n) is 5.00. The molecule has 1 unspecified atom stereocenters. The maximum atomic E-state index is 6.33. The van der Waals surface area contributed by atoms with Gasteiger partial charge in [0.05, 0.1) is 5.69 Å². The van der Waals surface area contributed by atoms with Crippen LogP contribution < -0.4 is 5.73 Å². The van der Waals surface area contributed by atoms with E-state index < -0.39 is 0 Å². The van der Waals surface area contributed by atoms with Crippen molar-refractivity contribution in [2.24, 2.45) is 12.8 Å². The summed E-state index contributed by atoms with van der Waals surface area (Å²) >= 11 is 0. The maximum absolute atomic E-state index is 6.33.